The molecule has 7 atom stereocenters. The number of carboxylic acid groups (broad SMARTS) is 1. The summed E-state index contributed by atoms with van der Waals surface area (Å²) in [7, 11) is 1.51. The van der Waals surface area contributed by atoms with Crippen molar-refractivity contribution in [2.75, 3.05) is 13.6 Å². The van der Waals surface area contributed by atoms with Crippen molar-refractivity contribution in [1.29, 1.82) is 0 Å². The molecule has 8 N–H and O–H groups in total. The molecule has 0 saturated carbocycles. The quantitative estimate of drug-likeness (QED) is 0.134. The third-order valence-electron chi connectivity index (χ3n) is 11.3. The highest BCUT2D eigenvalue weighted by Crippen LogP contribution is 2.22. The summed E-state index contributed by atoms with van der Waals surface area (Å²) < 4.78 is 0. The number of amides is 7. The standard InChI is InChI=1S/C45H64N8O8/c1-8-28(6)38(44(59)60)52-45(61)50-33-20-14-15-21-46-39(54)34(23-29-16-10-9-11-17-29)48-41(56)36(24-30-25-47-32-19-13-12-18-31(30)32)53(7)43(58)35(22-26(2)3)49-42(57)37(27(4)5)51-40(33)55/h9-13,16-19,25-28,33-38,47H,8,14-15,20-24H2,1-7H3,(H,46,54)(H,48,56)(H,49,57)(H,51,55)(H,59,60)(H2,50,52,61)/t28-,33-,34-,35-,36-,37-,38+/m0/s1. The van der Waals surface area contributed by atoms with E-state index in [1.807, 2.05) is 68.4 Å². The van der Waals surface area contributed by atoms with E-state index in [0.29, 0.717) is 19.3 Å². The van der Waals surface area contributed by atoms with Gasteiger partial charge in [-0.2, -0.15) is 0 Å². The smallest absolute Gasteiger partial charge is 0.326 e. The number of aromatic amines is 1. The highest BCUT2D eigenvalue weighted by molar-refractivity contribution is 5.97. The number of para-hydroxylation sites is 1. The Morgan fingerprint density at radius 1 is 0.820 bits per heavy atom. The second kappa shape index (κ2) is 22.6. The molecule has 7 amide bonds. The van der Waals surface area contributed by atoms with Crippen molar-refractivity contribution in [1.82, 2.24) is 41.8 Å². The van der Waals surface area contributed by atoms with Crippen LogP contribution in [0.2, 0.25) is 0 Å². The molecule has 1 aliphatic rings. The number of hydrogen-bond acceptors (Lipinski definition) is 7. The minimum absolute atomic E-state index is 0.0756. The maximum absolute atomic E-state index is 14.6. The number of aliphatic carboxylic acids is 1. The van der Waals surface area contributed by atoms with Crippen LogP contribution in [0.1, 0.15) is 84.8 Å². The van der Waals surface area contributed by atoms with Crippen LogP contribution in [0.15, 0.2) is 60.8 Å². The summed E-state index contributed by atoms with van der Waals surface area (Å²) >= 11 is 0. The van der Waals surface area contributed by atoms with Crippen molar-refractivity contribution in [2.24, 2.45) is 17.8 Å². The molecule has 0 bridgehead atoms. The van der Waals surface area contributed by atoms with Gasteiger partial charge in [-0.1, -0.05) is 96.5 Å². The molecular weight excluding hydrogens is 781 g/mol. The largest absolute Gasteiger partial charge is 0.480 e. The SMILES string of the molecule is CC[C@H](C)[C@@H](NC(=O)N[C@H]1CCCCNC(=O)[C@H](Cc2ccccc2)NC(=O)[C@H](Cc2c[nH]c3ccccc23)N(C)C(=O)[C@H](CC(C)C)NC(=O)[C@H](C(C)C)NC1=O)C(=O)O. The Morgan fingerprint density at radius 3 is 2.15 bits per heavy atom. The normalized spacial score (nSPS) is 22.5. The second-order valence-corrected chi connectivity index (χ2v) is 16.9. The van der Waals surface area contributed by atoms with Crippen molar-refractivity contribution in [3.63, 3.8) is 0 Å². The molecular formula is C45H64N8O8. The van der Waals surface area contributed by atoms with Gasteiger partial charge in [-0.3, -0.25) is 24.0 Å². The molecule has 1 saturated heterocycles. The van der Waals surface area contributed by atoms with Gasteiger partial charge < -0.3 is 46.9 Å². The Labute approximate surface area is 358 Å². The molecule has 16 nitrogen and oxygen atoms in total. The molecule has 1 aliphatic heterocycles. The van der Waals surface area contributed by atoms with Gasteiger partial charge in [0.25, 0.3) is 0 Å². The molecule has 1 fully saturated rings. The number of carbonyl (C=O) groups is 7. The summed E-state index contributed by atoms with van der Waals surface area (Å²) in [6.07, 6.45) is 3.54. The van der Waals surface area contributed by atoms with Crippen LogP contribution < -0.4 is 31.9 Å². The van der Waals surface area contributed by atoms with Gasteiger partial charge in [0.2, 0.25) is 29.5 Å². The van der Waals surface area contributed by atoms with Crippen molar-refractivity contribution in [3.8, 4) is 0 Å². The number of hydrogen-bond donors (Lipinski definition) is 8. The van der Waals surface area contributed by atoms with E-state index in [-0.39, 0.29) is 38.1 Å². The zero-order chi connectivity index (χ0) is 44.8. The van der Waals surface area contributed by atoms with Crippen LogP contribution in [-0.2, 0) is 41.6 Å². The fraction of sp³-hybridized carbons (Fsp3) is 0.533. The monoisotopic (exact) mass is 844 g/mol. The van der Waals surface area contributed by atoms with Crippen LogP contribution in [0.4, 0.5) is 4.79 Å². The van der Waals surface area contributed by atoms with E-state index in [1.165, 1.54) is 11.9 Å². The van der Waals surface area contributed by atoms with Crippen LogP contribution in [0.25, 0.3) is 10.9 Å². The van der Waals surface area contributed by atoms with Crippen LogP contribution in [0.5, 0.6) is 0 Å². The molecule has 0 spiro atoms. The number of nitrogens with zero attached hydrogens (tertiary/aromatic N) is 1. The van der Waals surface area contributed by atoms with Gasteiger partial charge in [0.05, 0.1) is 0 Å². The van der Waals surface area contributed by atoms with Gasteiger partial charge in [-0.25, -0.2) is 9.59 Å². The lowest BCUT2D eigenvalue weighted by molar-refractivity contribution is -0.143. The maximum atomic E-state index is 14.6. The molecule has 4 rings (SSSR count). The fourth-order valence-corrected chi connectivity index (χ4v) is 7.49. The van der Waals surface area contributed by atoms with Crippen molar-refractivity contribution in [3.05, 3.63) is 71.9 Å². The Hall–Kier alpha value is -5.93. The summed E-state index contributed by atoms with van der Waals surface area (Å²) in [4.78, 5) is 101. The lowest BCUT2D eigenvalue weighted by atomic mass is 9.97. The lowest BCUT2D eigenvalue weighted by Gasteiger charge is -2.33. The maximum Gasteiger partial charge on any atom is 0.326 e. The Balaban J connectivity index is 1.73. The average Bonchev–Trinajstić information content (AvgIpc) is 3.63. The van der Waals surface area contributed by atoms with Crippen molar-refractivity contribution < 1.29 is 38.7 Å². The van der Waals surface area contributed by atoms with Gasteiger partial charge >= 0.3 is 12.0 Å². The van der Waals surface area contributed by atoms with E-state index in [1.54, 1.807) is 33.9 Å². The molecule has 0 aliphatic carbocycles. The highest BCUT2D eigenvalue weighted by atomic mass is 16.4. The van der Waals surface area contributed by atoms with E-state index >= 15 is 0 Å². The second-order valence-electron chi connectivity index (χ2n) is 16.9. The molecule has 332 valence electrons. The number of aromatic nitrogens is 1. The average molecular weight is 845 g/mol. The number of H-pyrrole nitrogens is 1. The van der Waals surface area contributed by atoms with Crippen LogP contribution >= 0.6 is 0 Å². The number of fused-ring (bicyclic) bond motifs is 1. The number of likely N-dealkylation sites (N-methyl/N-ethyl adjacent to an activating group) is 1. The predicted octanol–water partition coefficient (Wildman–Crippen LogP) is 3.40. The van der Waals surface area contributed by atoms with Gasteiger partial charge in [0.1, 0.15) is 36.3 Å². The third kappa shape index (κ3) is 13.5. The van der Waals surface area contributed by atoms with E-state index in [9.17, 15) is 38.7 Å². The number of carboxylic acids is 1. The first-order chi connectivity index (χ1) is 29.0. The molecule has 0 unspecified atom stereocenters. The van der Waals surface area contributed by atoms with E-state index in [2.05, 4.69) is 36.9 Å². The first-order valence-corrected chi connectivity index (χ1v) is 21.3. The Bertz CT molecular complexity index is 1980. The Morgan fingerprint density at radius 2 is 1.49 bits per heavy atom. The molecule has 0 radical (unpaired) electrons. The highest BCUT2D eigenvalue weighted by Gasteiger charge is 2.37. The van der Waals surface area contributed by atoms with Gasteiger partial charge in [0, 0.05) is 43.5 Å². The summed E-state index contributed by atoms with van der Waals surface area (Å²) in [5, 5.41) is 27.2. The van der Waals surface area contributed by atoms with Crippen LogP contribution in [0.3, 0.4) is 0 Å². The number of nitrogens with one attached hydrogen (secondary N) is 7. The first-order valence-electron chi connectivity index (χ1n) is 21.3. The van der Waals surface area contributed by atoms with Gasteiger partial charge in [-0.15, -0.1) is 0 Å². The Kier molecular flexibility index (Phi) is 17.7. The van der Waals surface area contributed by atoms with E-state index in [4.69, 9.17) is 0 Å². The summed E-state index contributed by atoms with van der Waals surface area (Å²) in [6.45, 7) is 10.9. The molecule has 16 heteroatoms. The van der Waals surface area contributed by atoms with E-state index < -0.39 is 89.6 Å². The van der Waals surface area contributed by atoms with Crippen LogP contribution in [-0.4, -0.2) is 106 Å². The minimum atomic E-state index is -1.22. The minimum Gasteiger partial charge on any atom is -0.480 e. The van der Waals surface area contributed by atoms with Crippen LogP contribution in [0, 0.1) is 17.8 Å². The lowest BCUT2D eigenvalue weighted by Crippen LogP contribution is -2.61. The number of rotatable bonds is 12. The van der Waals surface area contributed by atoms with Gasteiger partial charge in [0.15, 0.2) is 0 Å². The molecule has 61 heavy (non-hydrogen) atoms. The first kappa shape index (κ1) is 47.7. The number of benzene rings is 2. The van der Waals surface area contributed by atoms with Crippen molar-refractivity contribution in [2.45, 2.75) is 123 Å². The summed E-state index contributed by atoms with van der Waals surface area (Å²) in [5.74, 6) is -5.00. The topological polar surface area (TPSA) is 231 Å². The molecule has 3 aromatic rings. The van der Waals surface area contributed by atoms with Crippen molar-refractivity contribution >= 4 is 52.4 Å². The van der Waals surface area contributed by atoms with E-state index in [0.717, 1.165) is 22.0 Å². The van der Waals surface area contributed by atoms with Gasteiger partial charge in [-0.05, 0) is 60.6 Å². The molecule has 1 aromatic heterocycles. The molecule has 2 aromatic carbocycles. The zero-order valence-electron chi connectivity index (χ0n) is 36.4. The zero-order valence-corrected chi connectivity index (χ0v) is 36.4. The summed E-state index contributed by atoms with van der Waals surface area (Å²) in [5.41, 5.74) is 2.43. The number of urea groups is 1. The summed E-state index contributed by atoms with van der Waals surface area (Å²) in [6, 6.07) is 9.21. The third-order valence-corrected chi connectivity index (χ3v) is 11.3. The number of carbonyl (C=O) groups excluding carboxylic acids is 6. The fourth-order valence-electron chi connectivity index (χ4n) is 7.49. The molecule has 2 heterocycles. The predicted molar refractivity (Wildman–Crippen MR) is 232 cm³/mol.